The average molecular weight is 274 g/mol. The molecule has 0 aliphatic heterocycles. The minimum Gasteiger partial charge on any atom is -0.508 e. The lowest BCUT2D eigenvalue weighted by atomic mass is 10.0. The quantitative estimate of drug-likeness (QED) is 0.710. The number of hydrogen-bond donors (Lipinski definition) is 3. The van der Waals surface area contributed by atoms with Gasteiger partial charge in [0, 0.05) is 43.8 Å². The highest BCUT2D eigenvalue weighted by Gasteiger charge is 2.19. The van der Waals surface area contributed by atoms with E-state index < -0.39 is 5.60 Å². The largest absolute Gasteiger partial charge is 0.508 e. The molecule has 18 heavy (non-hydrogen) atoms. The van der Waals surface area contributed by atoms with Crippen LogP contribution in [-0.4, -0.2) is 36.1 Å². The van der Waals surface area contributed by atoms with Crippen molar-refractivity contribution < 1.29 is 14.9 Å². The molecule has 0 saturated carbocycles. The summed E-state index contributed by atoms with van der Waals surface area (Å²) in [4.78, 5) is 0. The molecule has 0 aliphatic rings. The molecule has 1 unspecified atom stereocenters. The molecule has 3 N–H and O–H groups in total. The summed E-state index contributed by atoms with van der Waals surface area (Å²) in [5.41, 5.74) is -0.200. The van der Waals surface area contributed by atoms with Gasteiger partial charge in [0.15, 0.2) is 0 Å². The second-order valence-electron chi connectivity index (χ2n) is 4.58. The Balaban J connectivity index is 2.46. The van der Waals surface area contributed by atoms with E-state index in [1.165, 1.54) is 0 Å². The van der Waals surface area contributed by atoms with Crippen molar-refractivity contribution in [2.75, 3.05) is 20.3 Å². The molecule has 1 aromatic carbocycles. The van der Waals surface area contributed by atoms with Crippen LogP contribution in [0.25, 0.3) is 0 Å². The van der Waals surface area contributed by atoms with Crippen LogP contribution in [0.4, 0.5) is 0 Å². The first kappa shape index (κ1) is 15.2. The van der Waals surface area contributed by atoms with E-state index in [4.69, 9.17) is 16.3 Å². The first-order chi connectivity index (χ1) is 8.46. The molecule has 102 valence electrons. The van der Waals surface area contributed by atoms with E-state index in [0.29, 0.717) is 36.7 Å². The number of methoxy groups -OCH3 is 1. The molecule has 4 nitrogen and oxygen atoms in total. The molecular weight excluding hydrogens is 254 g/mol. The van der Waals surface area contributed by atoms with Crippen molar-refractivity contribution in [1.82, 2.24) is 5.32 Å². The normalized spacial score (nSPS) is 14.4. The zero-order valence-electron chi connectivity index (χ0n) is 10.7. The van der Waals surface area contributed by atoms with Crippen LogP contribution < -0.4 is 5.32 Å². The molecule has 1 aromatic rings. The summed E-state index contributed by atoms with van der Waals surface area (Å²) in [6.07, 6.45) is 0.547. The number of nitrogens with one attached hydrogen (secondary N) is 1. The van der Waals surface area contributed by atoms with Crippen LogP contribution in [0.2, 0.25) is 5.02 Å². The SMILES string of the molecule is COCCC(C)(O)CNCc1c(O)cccc1Cl. The maximum atomic E-state index is 10.0. The molecule has 0 aromatic heterocycles. The predicted molar refractivity (Wildman–Crippen MR) is 71.9 cm³/mol. The van der Waals surface area contributed by atoms with Crippen molar-refractivity contribution in [3.63, 3.8) is 0 Å². The molecule has 1 atom stereocenters. The number of aliphatic hydroxyl groups is 1. The van der Waals surface area contributed by atoms with E-state index in [1.807, 2.05) is 0 Å². The number of rotatable bonds is 7. The van der Waals surface area contributed by atoms with E-state index in [9.17, 15) is 10.2 Å². The minimum atomic E-state index is -0.840. The summed E-state index contributed by atoms with van der Waals surface area (Å²) in [5.74, 6) is 0.159. The maximum Gasteiger partial charge on any atom is 0.121 e. The van der Waals surface area contributed by atoms with E-state index >= 15 is 0 Å². The Morgan fingerprint density at radius 1 is 1.44 bits per heavy atom. The van der Waals surface area contributed by atoms with E-state index in [-0.39, 0.29) is 5.75 Å². The Morgan fingerprint density at radius 3 is 2.78 bits per heavy atom. The zero-order valence-corrected chi connectivity index (χ0v) is 11.5. The topological polar surface area (TPSA) is 61.7 Å². The number of phenols is 1. The maximum absolute atomic E-state index is 10.0. The van der Waals surface area contributed by atoms with Gasteiger partial charge in [-0.25, -0.2) is 0 Å². The van der Waals surface area contributed by atoms with Crippen molar-refractivity contribution in [2.24, 2.45) is 0 Å². The Morgan fingerprint density at radius 2 is 2.17 bits per heavy atom. The molecule has 5 heteroatoms. The third-order valence-corrected chi connectivity index (χ3v) is 3.10. The number of aromatic hydroxyl groups is 1. The molecule has 0 heterocycles. The lowest BCUT2D eigenvalue weighted by Gasteiger charge is -2.23. The van der Waals surface area contributed by atoms with Crippen molar-refractivity contribution in [1.29, 1.82) is 0 Å². The zero-order chi connectivity index (χ0) is 13.6. The fraction of sp³-hybridized carbons (Fsp3) is 0.538. The Hall–Kier alpha value is -0.810. The monoisotopic (exact) mass is 273 g/mol. The second-order valence-corrected chi connectivity index (χ2v) is 4.99. The van der Waals surface area contributed by atoms with Crippen LogP contribution in [0.15, 0.2) is 18.2 Å². The Labute approximate surface area is 113 Å². The van der Waals surface area contributed by atoms with E-state index in [2.05, 4.69) is 5.32 Å². The smallest absolute Gasteiger partial charge is 0.121 e. The summed E-state index contributed by atoms with van der Waals surface area (Å²) in [5, 5.41) is 23.3. The molecule has 0 fully saturated rings. The minimum absolute atomic E-state index is 0.159. The van der Waals surface area contributed by atoms with Crippen LogP contribution in [0.1, 0.15) is 18.9 Å². The number of hydrogen-bond acceptors (Lipinski definition) is 4. The lowest BCUT2D eigenvalue weighted by molar-refractivity contribution is 0.0247. The first-order valence-electron chi connectivity index (χ1n) is 5.84. The van der Waals surface area contributed by atoms with Gasteiger partial charge in [0.1, 0.15) is 5.75 Å². The molecule has 1 rings (SSSR count). The number of benzene rings is 1. The summed E-state index contributed by atoms with van der Waals surface area (Å²) >= 11 is 5.98. The molecular formula is C13H20ClNO3. The Bertz CT molecular complexity index is 362. The van der Waals surface area contributed by atoms with Gasteiger partial charge in [0.2, 0.25) is 0 Å². The Kier molecular flexibility index (Phi) is 5.88. The molecule has 0 saturated heterocycles. The van der Waals surface area contributed by atoms with Crippen LogP contribution in [-0.2, 0) is 11.3 Å². The number of phenolic OH excluding ortho intramolecular Hbond substituents is 1. The highest BCUT2D eigenvalue weighted by molar-refractivity contribution is 6.31. The number of halogens is 1. The van der Waals surface area contributed by atoms with Gasteiger partial charge in [-0.15, -0.1) is 0 Å². The number of ether oxygens (including phenoxy) is 1. The summed E-state index contributed by atoms with van der Waals surface area (Å²) in [6, 6.07) is 5.00. The van der Waals surface area contributed by atoms with Gasteiger partial charge < -0.3 is 20.3 Å². The molecule has 0 bridgehead atoms. The summed E-state index contributed by atoms with van der Waals surface area (Å²) in [6.45, 7) is 3.06. The third kappa shape index (κ3) is 4.82. The molecule has 0 amide bonds. The highest BCUT2D eigenvalue weighted by atomic mass is 35.5. The second kappa shape index (κ2) is 6.95. The predicted octanol–water partition coefficient (Wildman–Crippen LogP) is 1.92. The fourth-order valence-electron chi connectivity index (χ4n) is 1.59. The van der Waals surface area contributed by atoms with Gasteiger partial charge in [-0.05, 0) is 19.1 Å². The van der Waals surface area contributed by atoms with Crippen LogP contribution in [0.5, 0.6) is 5.75 Å². The van der Waals surface area contributed by atoms with Crippen molar-refractivity contribution in [3.8, 4) is 5.75 Å². The standard InChI is InChI=1S/C13H20ClNO3/c1-13(17,6-7-18-2)9-15-8-10-11(14)4-3-5-12(10)16/h3-5,15-17H,6-9H2,1-2H3. The lowest BCUT2D eigenvalue weighted by Crippen LogP contribution is -2.38. The third-order valence-electron chi connectivity index (χ3n) is 2.75. The van der Waals surface area contributed by atoms with Crippen LogP contribution in [0.3, 0.4) is 0 Å². The molecule has 0 spiro atoms. The molecule has 0 aliphatic carbocycles. The average Bonchev–Trinajstić information content (AvgIpc) is 2.30. The molecule has 0 radical (unpaired) electrons. The fourth-order valence-corrected chi connectivity index (χ4v) is 1.83. The van der Waals surface area contributed by atoms with Gasteiger partial charge in [-0.2, -0.15) is 0 Å². The highest BCUT2D eigenvalue weighted by Crippen LogP contribution is 2.24. The first-order valence-corrected chi connectivity index (χ1v) is 6.22. The van der Waals surface area contributed by atoms with Crippen LogP contribution >= 0.6 is 11.6 Å². The van der Waals surface area contributed by atoms with Gasteiger partial charge in [0.05, 0.1) is 5.60 Å². The summed E-state index contributed by atoms with van der Waals surface area (Å²) < 4.78 is 4.93. The van der Waals surface area contributed by atoms with E-state index in [1.54, 1.807) is 32.2 Å². The van der Waals surface area contributed by atoms with E-state index in [0.717, 1.165) is 0 Å². The van der Waals surface area contributed by atoms with Crippen molar-refractivity contribution >= 4 is 11.6 Å². The van der Waals surface area contributed by atoms with Crippen LogP contribution in [0, 0.1) is 0 Å². The van der Waals surface area contributed by atoms with Gasteiger partial charge in [-0.3, -0.25) is 0 Å². The van der Waals surface area contributed by atoms with Gasteiger partial charge in [-0.1, -0.05) is 17.7 Å². The van der Waals surface area contributed by atoms with Crippen molar-refractivity contribution in [3.05, 3.63) is 28.8 Å². The summed E-state index contributed by atoms with van der Waals surface area (Å²) in [7, 11) is 1.60. The van der Waals surface area contributed by atoms with Gasteiger partial charge >= 0.3 is 0 Å². The van der Waals surface area contributed by atoms with Crippen molar-refractivity contribution in [2.45, 2.75) is 25.5 Å². The van der Waals surface area contributed by atoms with Gasteiger partial charge in [0.25, 0.3) is 0 Å².